The molecular weight excluding hydrogens is 396 g/mol. The molecular formula is C17H17F2N3O3S2. The van der Waals surface area contributed by atoms with E-state index in [9.17, 15) is 18.4 Å². The lowest BCUT2D eigenvalue weighted by Gasteiger charge is -2.22. The standard InChI is InChI=1S/C17H17F2N3O3S2/c1-25-5-4-21(7-13(18)19)14(23)8-22-10-20-16-15(17(22)24)11(9-27-16)12-3-2-6-26-12/h2-3,6,9-10,13H,4-5,7-8H2,1H3. The molecule has 1 amide bonds. The van der Waals surface area contributed by atoms with E-state index in [1.807, 2.05) is 22.9 Å². The van der Waals surface area contributed by atoms with Crippen molar-refractivity contribution in [2.45, 2.75) is 13.0 Å². The molecule has 0 bridgehead atoms. The Hall–Kier alpha value is -2.17. The van der Waals surface area contributed by atoms with Gasteiger partial charge in [0, 0.05) is 29.5 Å². The summed E-state index contributed by atoms with van der Waals surface area (Å²) in [4.78, 5) is 32.1. The van der Waals surface area contributed by atoms with Crippen LogP contribution in [0.4, 0.5) is 8.78 Å². The molecule has 0 unspecified atom stereocenters. The topological polar surface area (TPSA) is 64.4 Å². The van der Waals surface area contributed by atoms with E-state index in [-0.39, 0.29) is 25.3 Å². The van der Waals surface area contributed by atoms with Gasteiger partial charge in [0.25, 0.3) is 12.0 Å². The van der Waals surface area contributed by atoms with Crippen molar-refractivity contribution in [3.05, 3.63) is 39.6 Å². The van der Waals surface area contributed by atoms with Crippen molar-refractivity contribution in [2.75, 3.05) is 26.8 Å². The van der Waals surface area contributed by atoms with Crippen LogP contribution in [0.15, 0.2) is 34.0 Å². The first-order valence-corrected chi connectivity index (χ1v) is 9.82. The smallest absolute Gasteiger partial charge is 0.263 e. The lowest BCUT2D eigenvalue weighted by atomic mass is 10.2. The summed E-state index contributed by atoms with van der Waals surface area (Å²) in [6.07, 6.45) is -1.38. The third kappa shape index (κ3) is 4.40. The molecule has 0 N–H and O–H groups in total. The molecule has 0 fully saturated rings. The van der Waals surface area contributed by atoms with Gasteiger partial charge in [-0.05, 0) is 11.4 Å². The zero-order chi connectivity index (χ0) is 19.4. The fourth-order valence-electron chi connectivity index (χ4n) is 2.62. The Labute approximate surface area is 161 Å². The number of ether oxygens (including phenoxy) is 1. The summed E-state index contributed by atoms with van der Waals surface area (Å²) in [6.45, 7) is -0.885. The Morgan fingerprint density at radius 3 is 2.89 bits per heavy atom. The van der Waals surface area contributed by atoms with Gasteiger partial charge in [0.15, 0.2) is 0 Å². The van der Waals surface area contributed by atoms with Gasteiger partial charge in [-0.15, -0.1) is 22.7 Å². The van der Waals surface area contributed by atoms with E-state index in [4.69, 9.17) is 4.74 Å². The molecule has 0 aromatic carbocycles. The first-order valence-electron chi connectivity index (χ1n) is 8.06. The van der Waals surface area contributed by atoms with Crippen LogP contribution in [0.2, 0.25) is 0 Å². The van der Waals surface area contributed by atoms with E-state index in [1.54, 1.807) is 0 Å². The summed E-state index contributed by atoms with van der Waals surface area (Å²) >= 11 is 2.85. The average Bonchev–Trinajstić information content (AvgIpc) is 3.29. The number of hydrogen-bond donors (Lipinski definition) is 0. The summed E-state index contributed by atoms with van der Waals surface area (Å²) < 4.78 is 31.5. The zero-order valence-corrected chi connectivity index (χ0v) is 16.1. The number of nitrogens with zero attached hydrogens (tertiary/aromatic N) is 3. The Kier molecular flexibility index (Phi) is 6.30. The number of carbonyl (C=O) groups excluding carboxylic acids is 1. The number of halogens is 2. The van der Waals surface area contributed by atoms with E-state index >= 15 is 0 Å². The summed E-state index contributed by atoms with van der Waals surface area (Å²) in [7, 11) is 1.43. The maximum atomic E-state index is 12.9. The van der Waals surface area contributed by atoms with E-state index in [1.165, 1.54) is 40.7 Å². The lowest BCUT2D eigenvalue weighted by molar-refractivity contribution is -0.134. The van der Waals surface area contributed by atoms with Gasteiger partial charge in [-0.2, -0.15) is 0 Å². The number of aromatic nitrogens is 2. The minimum absolute atomic E-state index is 0.0307. The van der Waals surface area contributed by atoms with Gasteiger partial charge in [-0.1, -0.05) is 6.07 Å². The molecule has 6 nitrogen and oxygen atoms in total. The number of fused-ring (bicyclic) bond motifs is 1. The molecule has 27 heavy (non-hydrogen) atoms. The number of amides is 1. The highest BCUT2D eigenvalue weighted by Crippen LogP contribution is 2.33. The second kappa shape index (κ2) is 8.68. The molecule has 0 aliphatic rings. The first-order chi connectivity index (χ1) is 13.0. The molecule has 3 rings (SSSR count). The van der Waals surface area contributed by atoms with Crippen LogP contribution < -0.4 is 5.56 Å². The van der Waals surface area contributed by atoms with E-state index < -0.39 is 18.9 Å². The normalized spacial score (nSPS) is 11.4. The van der Waals surface area contributed by atoms with E-state index in [2.05, 4.69) is 4.98 Å². The van der Waals surface area contributed by atoms with E-state index in [0.717, 1.165) is 15.3 Å². The van der Waals surface area contributed by atoms with Crippen molar-refractivity contribution < 1.29 is 18.3 Å². The largest absolute Gasteiger partial charge is 0.383 e. The number of carbonyl (C=O) groups is 1. The molecule has 144 valence electrons. The molecule has 3 heterocycles. The van der Waals surface area contributed by atoms with Crippen LogP contribution >= 0.6 is 22.7 Å². The van der Waals surface area contributed by atoms with Crippen molar-refractivity contribution in [2.24, 2.45) is 0 Å². The van der Waals surface area contributed by atoms with Crippen LogP contribution in [0.3, 0.4) is 0 Å². The molecule has 0 saturated heterocycles. The number of thiophene rings is 2. The van der Waals surface area contributed by atoms with Crippen molar-refractivity contribution in [3.63, 3.8) is 0 Å². The number of rotatable bonds is 8. The SMILES string of the molecule is COCCN(CC(F)F)C(=O)Cn1cnc2scc(-c3cccs3)c2c1=O. The fourth-order valence-corrected chi connectivity index (χ4v) is 4.35. The van der Waals surface area contributed by atoms with Gasteiger partial charge < -0.3 is 9.64 Å². The highest BCUT2D eigenvalue weighted by Gasteiger charge is 2.20. The highest BCUT2D eigenvalue weighted by atomic mass is 32.1. The lowest BCUT2D eigenvalue weighted by Crippen LogP contribution is -2.41. The van der Waals surface area contributed by atoms with Crippen LogP contribution in [-0.2, 0) is 16.1 Å². The maximum absolute atomic E-state index is 12.9. The summed E-state index contributed by atoms with van der Waals surface area (Å²) in [6, 6.07) is 3.79. The van der Waals surface area contributed by atoms with Crippen LogP contribution in [0.25, 0.3) is 20.7 Å². The molecule has 0 radical (unpaired) electrons. The van der Waals surface area contributed by atoms with Gasteiger partial charge in [-0.3, -0.25) is 14.2 Å². The number of methoxy groups -OCH3 is 1. The Morgan fingerprint density at radius 2 is 2.22 bits per heavy atom. The molecule has 0 atom stereocenters. The van der Waals surface area contributed by atoms with Crippen molar-refractivity contribution in [3.8, 4) is 10.4 Å². The monoisotopic (exact) mass is 413 g/mol. The minimum Gasteiger partial charge on any atom is -0.383 e. The summed E-state index contributed by atoms with van der Waals surface area (Å²) in [5.41, 5.74) is 0.412. The van der Waals surface area contributed by atoms with Crippen molar-refractivity contribution in [1.29, 1.82) is 0 Å². The third-order valence-corrected chi connectivity index (χ3v) is 5.72. The average molecular weight is 413 g/mol. The molecule has 3 aromatic rings. The van der Waals surface area contributed by atoms with Gasteiger partial charge in [0.1, 0.15) is 11.4 Å². The van der Waals surface area contributed by atoms with Gasteiger partial charge in [0.05, 0.1) is 24.9 Å². The second-order valence-electron chi connectivity index (χ2n) is 5.71. The third-order valence-electron chi connectivity index (χ3n) is 3.93. The van der Waals surface area contributed by atoms with Crippen LogP contribution in [0, 0.1) is 0 Å². The molecule has 3 aromatic heterocycles. The fraction of sp³-hybridized carbons (Fsp3) is 0.353. The maximum Gasteiger partial charge on any atom is 0.263 e. The Morgan fingerprint density at radius 1 is 1.41 bits per heavy atom. The minimum atomic E-state index is -2.66. The van der Waals surface area contributed by atoms with Crippen LogP contribution in [0.1, 0.15) is 0 Å². The molecule has 0 saturated carbocycles. The van der Waals surface area contributed by atoms with Gasteiger partial charge >= 0.3 is 0 Å². The van der Waals surface area contributed by atoms with Gasteiger partial charge in [-0.25, -0.2) is 13.8 Å². The summed E-state index contributed by atoms with van der Waals surface area (Å²) in [5.74, 6) is -0.580. The van der Waals surface area contributed by atoms with E-state index in [0.29, 0.717) is 10.2 Å². The number of alkyl halides is 2. The first kappa shape index (κ1) is 19.6. The second-order valence-corrected chi connectivity index (χ2v) is 7.51. The van der Waals surface area contributed by atoms with Crippen molar-refractivity contribution in [1.82, 2.24) is 14.5 Å². The molecule has 0 spiro atoms. The van der Waals surface area contributed by atoms with Crippen LogP contribution in [0.5, 0.6) is 0 Å². The predicted octanol–water partition coefficient (Wildman–Crippen LogP) is 2.93. The molecule has 10 heteroatoms. The predicted molar refractivity (Wildman–Crippen MR) is 102 cm³/mol. The van der Waals surface area contributed by atoms with Gasteiger partial charge in [0.2, 0.25) is 5.91 Å². The quantitative estimate of drug-likeness (QED) is 0.570. The Balaban J connectivity index is 1.90. The summed E-state index contributed by atoms with van der Waals surface area (Å²) in [5, 5.41) is 4.21. The van der Waals surface area contributed by atoms with Crippen LogP contribution in [-0.4, -0.2) is 53.6 Å². The Bertz CT molecular complexity index is 970. The highest BCUT2D eigenvalue weighted by molar-refractivity contribution is 7.18. The zero-order valence-electron chi connectivity index (χ0n) is 14.4. The molecule has 0 aliphatic heterocycles. The molecule has 0 aliphatic carbocycles. The van der Waals surface area contributed by atoms with Crippen molar-refractivity contribution >= 4 is 38.8 Å². The number of hydrogen-bond acceptors (Lipinski definition) is 6.